The van der Waals surface area contributed by atoms with Crippen LogP contribution in [0.15, 0.2) is 5.38 Å². The van der Waals surface area contributed by atoms with Crippen molar-refractivity contribution in [3.8, 4) is 0 Å². The molecule has 1 aromatic rings. The summed E-state index contributed by atoms with van der Waals surface area (Å²) < 4.78 is 0. The van der Waals surface area contributed by atoms with Gasteiger partial charge >= 0.3 is 5.97 Å². The van der Waals surface area contributed by atoms with E-state index in [2.05, 4.69) is 10.3 Å². The van der Waals surface area contributed by atoms with Gasteiger partial charge in [-0.05, 0) is 12.8 Å². The first kappa shape index (κ1) is 18.0. The van der Waals surface area contributed by atoms with Crippen molar-refractivity contribution in [1.82, 2.24) is 10.3 Å². The molecule has 0 aliphatic heterocycles. The molecule has 0 fully saturated rings. The Morgan fingerprint density at radius 2 is 2.24 bits per heavy atom. The number of hydrogen-bond donors (Lipinski definition) is 2. The minimum absolute atomic E-state index is 0.0721. The maximum absolute atomic E-state index is 11.8. The molecule has 2 N–H and O–H groups in total. The fraction of sp³-hybridized carbons (Fsp3) is 0.643. The van der Waals surface area contributed by atoms with Gasteiger partial charge in [0.15, 0.2) is 0 Å². The van der Waals surface area contributed by atoms with E-state index in [1.54, 1.807) is 23.1 Å². The number of nitrogens with one attached hydrogen (secondary N) is 1. The molecule has 1 amide bonds. The molecule has 0 unspecified atom stereocenters. The molecule has 0 aliphatic carbocycles. The highest BCUT2D eigenvalue weighted by atomic mass is 32.2. The molecule has 1 aromatic heterocycles. The Hall–Kier alpha value is -1.08. The Balaban J connectivity index is 2.28. The Bertz CT molecular complexity index is 477. The summed E-state index contributed by atoms with van der Waals surface area (Å²) in [6.45, 7) is 5.71. The molecule has 7 heteroatoms. The molecule has 0 aromatic carbocycles. The van der Waals surface area contributed by atoms with Crippen molar-refractivity contribution in [1.29, 1.82) is 0 Å². The average molecular weight is 330 g/mol. The molecule has 0 spiro atoms. The summed E-state index contributed by atoms with van der Waals surface area (Å²) in [6, 6.07) is -0.798. The van der Waals surface area contributed by atoms with E-state index >= 15 is 0 Å². The van der Waals surface area contributed by atoms with Gasteiger partial charge in [-0.3, -0.25) is 4.79 Å². The zero-order chi connectivity index (χ0) is 15.8. The third-order valence-corrected chi connectivity index (χ3v) is 5.00. The fourth-order valence-electron chi connectivity index (χ4n) is 1.74. The van der Waals surface area contributed by atoms with Gasteiger partial charge in [-0.25, -0.2) is 9.78 Å². The van der Waals surface area contributed by atoms with Crippen LogP contribution in [0.2, 0.25) is 0 Å². The van der Waals surface area contributed by atoms with E-state index in [1.165, 1.54) is 0 Å². The molecule has 5 nitrogen and oxygen atoms in total. The van der Waals surface area contributed by atoms with Crippen molar-refractivity contribution in [2.24, 2.45) is 5.92 Å². The third kappa shape index (κ3) is 6.48. The van der Waals surface area contributed by atoms with Gasteiger partial charge in [0.25, 0.3) is 0 Å². The molecule has 118 valence electrons. The van der Waals surface area contributed by atoms with Gasteiger partial charge in [0.05, 0.1) is 10.7 Å². The number of carbonyl (C=O) groups is 2. The maximum Gasteiger partial charge on any atom is 0.326 e. The van der Waals surface area contributed by atoms with Crippen LogP contribution in [-0.2, 0) is 15.3 Å². The number of aromatic nitrogens is 1. The molecule has 0 aliphatic rings. The van der Waals surface area contributed by atoms with Crippen LogP contribution in [0.25, 0.3) is 0 Å². The largest absolute Gasteiger partial charge is 0.480 e. The van der Waals surface area contributed by atoms with Crippen LogP contribution in [0.5, 0.6) is 0 Å². The van der Waals surface area contributed by atoms with E-state index in [0.717, 1.165) is 22.9 Å². The number of rotatable bonds is 9. The molecule has 21 heavy (non-hydrogen) atoms. The van der Waals surface area contributed by atoms with Crippen LogP contribution >= 0.6 is 23.1 Å². The number of hydrogen-bond acceptors (Lipinski definition) is 5. The summed E-state index contributed by atoms with van der Waals surface area (Å²) in [4.78, 5) is 27.3. The number of thioether (sulfide) groups is 1. The van der Waals surface area contributed by atoms with Gasteiger partial charge in [-0.15, -0.1) is 11.3 Å². The maximum atomic E-state index is 11.8. The standard InChI is InChI=1S/C14H22N2O3S2/c1-4-9(2)13(14(18)19)16-12(17)5-6-20-7-11-8-21-10(3)15-11/h8-9,13H,4-7H2,1-3H3,(H,16,17)(H,18,19)/t9-,13-/m0/s1. The Labute approximate surface area is 133 Å². The second kappa shape index (κ2) is 9.04. The highest BCUT2D eigenvalue weighted by Gasteiger charge is 2.24. The quantitative estimate of drug-likeness (QED) is 0.681. The lowest BCUT2D eigenvalue weighted by Gasteiger charge is -2.20. The molecule has 1 heterocycles. The number of aryl methyl sites for hydroxylation is 1. The summed E-state index contributed by atoms with van der Waals surface area (Å²) >= 11 is 3.25. The number of nitrogens with zero attached hydrogens (tertiary/aromatic N) is 1. The van der Waals surface area contributed by atoms with Crippen LogP contribution in [0, 0.1) is 12.8 Å². The lowest BCUT2D eigenvalue weighted by Crippen LogP contribution is -2.45. The van der Waals surface area contributed by atoms with Crippen LogP contribution in [0.3, 0.4) is 0 Å². The molecular formula is C14H22N2O3S2. The van der Waals surface area contributed by atoms with Crippen molar-refractivity contribution >= 4 is 35.0 Å². The smallest absolute Gasteiger partial charge is 0.326 e. The zero-order valence-corrected chi connectivity index (χ0v) is 14.2. The highest BCUT2D eigenvalue weighted by molar-refractivity contribution is 7.98. The summed E-state index contributed by atoms with van der Waals surface area (Å²) in [6.07, 6.45) is 1.04. The van der Waals surface area contributed by atoms with Gasteiger partial charge in [-0.1, -0.05) is 20.3 Å². The normalized spacial score (nSPS) is 13.7. The SMILES string of the molecule is CC[C@H](C)[C@H](NC(=O)CCSCc1csc(C)n1)C(=O)O. The minimum atomic E-state index is -0.969. The first-order valence-corrected chi connectivity index (χ1v) is 8.98. The molecule has 2 atom stereocenters. The van der Waals surface area contributed by atoms with Crippen molar-refractivity contribution < 1.29 is 14.7 Å². The zero-order valence-electron chi connectivity index (χ0n) is 12.6. The number of carboxylic acid groups (broad SMARTS) is 1. The summed E-state index contributed by atoms with van der Waals surface area (Å²) in [5, 5.41) is 14.8. The van der Waals surface area contributed by atoms with Crippen molar-refractivity contribution in [3.63, 3.8) is 0 Å². The lowest BCUT2D eigenvalue weighted by molar-refractivity contribution is -0.143. The van der Waals surface area contributed by atoms with Gasteiger partial charge in [0.2, 0.25) is 5.91 Å². The van der Waals surface area contributed by atoms with Crippen molar-refractivity contribution in [3.05, 3.63) is 16.1 Å². The molecular weight excluding hydrogens is 308 g/mol. The van der Waals surface area contributed by atoms with Crippen LogP contribution in [0.4, 0.5) is 0 Å². The predicted molar refractivity (Wildman–Crippen MR) is 86.7 cm³/mol. The summed E-state index contributed by atoms with van der Waals surface area (Å²) in [5.74, 6) is 0.200. The fourth-order valence-corrected chi connectivity index (χ4v) is 3.29. The summed E-state index contributed by atoms with van der Waals surface area (Å²) in [5.41, 5.74) is 1.03. The van der Waals surface area contributed by atoms with Gasteiger partial charge in [0, 0.05) is 23.3 Å². The van der Waals surface area contributed by atoms with E-state index in [0.29, 0.717) is 12.2 Å². The number of amides is 1. The molecule has 0 saturated heterocycles. The van der Waals surface area contributed by atoms with Gasteiger partial charge in [-0.2, -0.15) is 11.8 Å². The van der Waals surface area contributed by atoms with Gasteiger partial charge < -0.3 is 10.4 Å². The van der Waals surface area contributed by atoms with Crippen molar-refractivity contribution in [2.75, 3.05) is 5.75 Å². The second-order valence-corrected chi connectivity index (χ2v) is 7.10. The second-order valence-electron chi connectivity index (χ2n) is 4.93. The summed E-state index contributed by atoms with van der Waals surface area (Å²) in [7, 11) is 0. The molecule has 0 bridgehead atoms. The Morgan fingerprint density at radius 1 is 1.52 bits per heavy atom. The minimum Gasteiger partial charge on any atom is -0.480 e. The molecule has 0 radical (unpaired) electrons. The van der Waals surface area contributed by atoms with Crippen LogP contribution in [0.1, 0.15) is 37.4 Å². The Morgan fingerprint density at radius 3 is 2.76 bits per heavy atom. The number of carbonyl (C=O) groups excluding carboxylic acids is 1. The molecule has 1 rings (SSSR count). The Kier molecular flexibility index (Phi) is 7.74. The predicted octanol–water partition coefficient (Wildman–Crippen LogP) is 2.69. The first-order chi connectivity index (χ1) is 9.93. The van der Waals surface area contributed by atoms with E-state index < -0.39 is 12.0 Å². The number of thiazole rings is 1. The highest BCUT2D eigenvalue weighted by Crippen LogP contribution is 2.16. The van der Waals surface area contributed by atoms with Crippen molar-refractivity contribution in [2.45, 2.75) is 45.4 Å². The van der Waals surface area contributed by atoms with Crippen LogP contribution in [-0.4, -0.2) is 33.8 Å². The van der Waals surface area contributed by atoms with Gasteiger partial charge in [0.1, 0.15) is 6.04 Å². The van der Waals surface area contributed by atoms with E-state index in [1.807, 2.05) is 26.2 Å². The van der Waals surface area contributed by atoms with E-state index in [9.17, 15) is 9.59 Å². The number of aliphatic carboxylic acids is 1. The van der Waals surface area contributed by atoms with E-state index in [4.69, 9.17) is 5.11 Å². The topological polar surface area (TPSA) is 79.3 Å². The van der Waals surface area contributed by atoms with E-state index in [-0.39, 0.29) is 11.8 Å². The molecule has 0 saturated carbocycles. The first-order valence-electron chi connectivity index (χ1n) is 6.95. The lowest BCUT2D eigenvalue weighted by atomic mass is 9.99. The average Bonchev–Trinajstić information content (AvgIpc) is 2.85. The third-order valence-electron chi connectivity index (χ3n) is 3.19. The van der Waals surface area contributed by atoms with Crippen LogP contribution < -0.4 is 5.32 Å². The monoisotopic (exact) mass is 330 g/mol. The number of carboxylic acids is 1.